The van der Waals surface area contributed by atoms with Crippen LogP contribution in [-0.2, 0) is 16.1 Å². The number of furan rings is 1. The Balaban J connectivity index is 1.43. The molecule has 9 heteroatoms. The number of nitrogens with zero attached hydrogens (tertiary/aromatic N) is 1. The Morgan fingerprint density at radius 3 is 2.44 bits per heavy atom. The van der Waals surface area contributed by atoms with Crippen LogP contribution in [0.25, 0.3) is 0 Å². The molecule has 0 bridgehead atoms. The van der Waals surface area contributed by atoms with Crippen LogP contribution in [0.5, 0.6) is 0 Å². The van der Waals surface area contributed by atoms with E-state index in [2.05, 4.69) is 5.32 Å². The van der Waals surface area contributed by atoms with Crippen LogP contribution in [0.1, 0.15) is 61.0 Å². The molecule has 172 valence electrons. The number of carbonyl (C=O) groups is 5. The Hall–Kier alpha value is -4.53. The Morgan fingerprint density at radius 1 is 0.971 bits per heavy atom. The van der Waals surface area contributed by atoms with E-state index in [1.165, 1.54) is 44.4 Å². The normalized spacial score (nSPS) is 13.4. The van der Waals surface area contributed by atoms with Gasteiger partial charge in [0.25, 0.3) is 17.7 Å². The molecule has 0 fully saturated rings. The van der Waals surface area contributed by atoms with E-state index in [1.54, 1.807) is 30.3 Å². The SMILES string of the molecule is CC(=O)c1cccc(NC(=O)[C@H](C)OC(=O)c2ccc3c(c2)C(=O)N(Cc2ccco2)C3=O)c1. The molecule has 0 radical (unpaired) electrons. The Morgan fingerprint density at radius 2 is 1.74 bits per heavy atom. The van der Waals surface area contributed by atoms with Crippen LogP contribution >= 0.6 is 0 Å². The lowest BCUT2D eigenvalue weighted by atomic mass is 10.1. The van der Waals surface area contributed by atoms with E-state index in [0.29, 0.717) is 17.0 Å². The molecule has 0 aliphatic carbocycles. The zero-order valence-corrected chi connectivity index (χ0v) is 18.4. The van der Waals surface area contributed by atoms with Gasteiger partial charge >= 0.3 is 5.97 Å². The van der Waals surface area contributed by atoms with Gasteiger partial charge in [-0.15, -0.1) is 0 Å². The fourth-order valence-electron chi connectivity index (χ4n) is 3.46. The molecule has 3 aromatic rings. The first-order chi connectivity index (χ1) is 16.2. The molecule has 0 saturated heterocycles. The Labute approximate surface area is 194 Å². The van der Waals surface area contributed by atoms with Crippen LogP contribution in [-0.4, -0.2) is 40.5 Å². The van der Waals surface area contributed by atoms with Gasteiger partial charge in [-0.3, -0.25) is 24.1 Å². The number of Topliss-reactive ketones (excluding diaryl/α,β-unsaturated/α-hetero) is 1. The van der Waals surface area contributed by atoms with E-state index in [0.717, 1.165) is 4.90 Å². The number of fused-ring (bicyclic) bond motifs is 1. The predicted octanol–water partition coefficient (Wildman–Crippen LogP) is 3.46. The number of hydrogen-bond donors (Lipinski definition) is 1. The number of hydrogen-bond acceptors (Lipinski definition) is 7. The molecule has 4 rings (SSSR count). The fourth-order valence-corrected chi connectivity index (χ4v) is 3.46. The summed E-state index contributed by atoms with van der Waals surface area (Å²) in [5, 5.41) is 2.59. The summed E-state index contributed by atoms with van der Waals surface area (Å²) in [6, 6.07) is 13.7. The van der Waals surface area contributed by atoms with Crippen LogP contribution in [0.2, 0.25) is 0 Å². The lowest BCUT2D eigenvalue weighted by molar-refractivity contribution is -0.123. The number of ether oxygens (including phenoxy) is 1. The Kier molecular flexibility index (Phi) is 6.09. The summed E-state index contributed by atoms with van der Waals surface area (Å²) in [5.41, 5.74) is 1.09. The number of benzene rings is 2. The number of anilines is 1. The third-order valence-electron chi connectivity index (χ3n) is 5.29. The van der Waals surface area contributed by atoms with Gasteiger partial charge in [0.1, 0.15) is 5.76 Å². The number of carbonyl (C=O) groups excluding carboxylic acids is 5. The molecule has 2 aromatic carbocycles. The minimum absolute atomic E-state index is 0.0259. The molecule has 1 aliphatic rings. The van der Waals surface area contributed by atoms with Crippen LogP contribution in [0.3, 0.4) is 0 Å². The van der Waals surface area contributed by atoms with E-state index in [1.807, 2.05) is 0 Å². The molecule has 2 heterocycles. The topological polar surface area (TPSA) is 123 Å². The first-order valence-corrected chi connectivity index (χ1v) is 10.4. The average molecular weight is 460 g/mol. The number of ketones is 1. The van der Waals surface area contributed by atoms with Gasteiger partial charge in [-0.2, -0.15) is 0 Å². The largest absolute Gasteiger partial charge is 0.467 e. The average Bonchev–Trinajstić information content (AvgIpc) is 3.42. The second-order valence-electron chi connectivity index (χ2n) is 7.71. The molecule has 3 amide bonds. The van der Waals surface area contributed by atoms with E-state index >= 15 is 0 Å². The van der Waals surface area contributed by atoms with Crippen molar-refractivity contribution in [2.75, 3.05) is 5.32 Å². The van der Waals surface area contributed by atoms with Crippen LogP contribution in [0.15, 0.2) is 65.3 Å². The molecular formula is C25H20N2O7. The van der Waals surface area contributed by atoms with Gasteiger partial charge in [-0.1, -0.05) is 12.1 Å². The first-order valence-electron chi connectivity index (χ1n) is 10.4. The highest BCUT2D eigenvalue weighted by molar-refractivity contribution is 6.21. The molecule has 1 atom stereocenters. The van der Waals surface area contributed by atoms with Gasteiger partial charge in [0, 0.05) is 11.3 Å². The van der Waals surface area contributed by atoms with Gasteiger partial charge in [0.2, 0.25) is 0 Å². The second kappa shape index (κ2) is 9.14. The maximum atomic E-state index is 12.7. The third-order valence-corrected chi connectivity index (χ3v) is 5.29. The summed E-state index contributed by atoms with van der Waals surface area (Å²) < 4.78 is 10.4. The van der Waals surface area contributed by atoms with Crippen molar-refractivity contribution < 1.29 is 33.1 Å². The molecule has 34 heavy (non-hydrogen) atoms. The number of esters is 1. The van der Waals surface area contributed by atoms with Gasteiger partial charge in [-0.25, -0.2) is 4.79 Å². The van der Waals surface area contributed by atoms with Crippen LogP contribution in [0, 0.1) is 0 Å². The zero-order chi connectivity index (χ0) is 24.4. The van der Waals surface area contributed by atoms with E-state index in [-0.39, 0.29) is 29.0 Å². The highest BCUT2D eigenvalue weighted by Gasteiger charge is 2.36. The highest BCUT2D eigenvalue weighted by Crippen LogP contribution is 2.26. The molecule has 1 N–H and O–H groups in total. The van der Waals surface area contributed by atoms with E-state index in [9.17, 15) is 24.0 Å². The summed E-state index contributed by atoms with van der Waals surface area (Å²) >= 11 is 0. The van der Waals surface area contributed by atoms with Crippen LogP contribution in [0.4, 0.5) is 5.69 Å². The molecule has 1 aliphatic heterocycles. The summed E-state index contributed by atoms with van der Waals surface area (Å²) in [6.07, 6.45) is 0.286. The summed E-state index contributed by atoms with van der Waals surface area (Å²) in [7, 11) is 0. The predicted molar refractivity (Wildman–Crippen MR) is 119 cm³/mol. The van der Waals surface area contributed by atoms with Gasteiger partial charge < -0.3 is 14.5 Å². The molecular weight excluding hydrogens is 440 g/mol. The number of amides is 3. The Bertz CT molecular complexity index is 1310. The molecule has 9 nitrogen and oxygen atoms in total. The minimum atomic E-state index is -1.16. The van der Waals surface area contributed by atoms with Crippen molar-refractivity contribution in [2.24, 2.45) is 0 Å². The van der Waals surface area contributed by atoms with Crippen molar-refractivity contribution in [3.05, 3.63) is 88.9 Å². The smallest absolute Gasteiger partial charge is 0.338 e. The van der Waals surface area contributed by atoms with Crippen molar-refractivity contribution in [1.82, 2.24) is 4.90 Å². The van der Waals surface area contributed by atoms with Gasteiger partial charge in [-0.05, 0) is 56.3 Å². The third kappa shape index (κ3) is 4.49. The quantitative estimate of drug-likeness (QED) is 0.325. The number of nitrogens with one attached hydrogen (secondary N) is 1. The molecule has 0 spiro atoms. The first kappa shape index (κ1) is 22.7. The standard InChI is InChI=1S/C25H20N2O7/c1-14(28)16-5-3-6-18(11-16)26-22(29)15(2)34-25(32)17-8-9-20-21(12-17)24(31)27(23(20)30)13-19-7-4-10-33-19/h3-12,15H,13H2,1-2H3,(H,26,29)/t15-/m0/s1. The maximum Gasteiger partial charge on any atom is 0.338 e. The minimum Gasteiger partial charge on any atom is -0.467 e. The lowest BCUT2D eigenvalue weighted by Crippen LogP contribution is -2.30. The zero-order valence-electron chi connectivity index (χ0n) is 18.4. The molecule has 0 unspecified atom stereocenters. The van der Waals surface area contributed by atoms with E-state index < -0.39 is 29.8 Å². The van der Waals surface area contributed by atoms with Gasteiger partial charge in [0.15, 0.2) is 11.9 Å². The fraction of sp³-hybridized carbons (Fsp3) is 0.160. The number of imide groups is 1. The second-order valence-corrected chi connectivity index (χ2v) is 7.71. The molecule has 1 aromatic heterocycles. The summed E-state index contributed by atoms with van der Waals surface area (Å²) in [5.74, 6) is -2.16. The molecule has 0 saturated carbocycles. The summed E-state index contributed by atoms with van der Waals surface area (Å²) in [4.78, 5) is 62.9. The van der Waals surface area contributed by atoms with Crippen molar-refractivity contribution in [3.63, 3.8) is 0 Å². The highest BCUT2D eigenvalue weighted by atomic mass is 16.5. The van der Waals surface area contributed by atoms with Crippen molar-refractivity contribution in [1.29, 1.82) is 0 Å². The van der Waals surface area contributed by atoms with Crippen molar-refractivity contribution in [2.45, 2.75) is 26.5 Å². The van der Waals surface area contributed by atoms with Crippen molar-refractivity contribution >= 4 is 35.2 Å². The van der Waals surface area contributed by atoms with Crippen molar-refractivity contribution in [3.8, 4) is 0 Å². The summed E-state index contributed by atoms with van der Waals surface area (Å²) in [6.45, 7) is 2.78. The van der Waals surface area contributed by atoms with E-state index in [4.69, 9.17) is 9.15 Å². The van der Waals surface area contributed by atoms with Crippen LogP contribution < -0.4 is 5.32 Å². The monoisotopic (exact) mass is 460 g/mol. The maximum absolute atomic E-state index is 12.7. The van der Waals surface area contributed by atoms with Gasteiger partial charge in [0.05, 0.1) is 29.5 Å². The number of rotatable bonds is 7. The lowest BCUT2D eigenvalue weighted by Gasteiger charge is -2.14.